The zero-order valence-corrected chi connectivity index (χ0v) is 36.0. The highest BCUT2D eigenvalue weighted by Gasteiger charge is 2.36. The molecule has 2 bridgehead atoms. The third-order valence-corrected chi connectivity index (χ3v) is 11.2. The fraction of sp³-hybridized carbons (Fsp3) is 0.725. The molecule has 56 heavy (non-hydrogen) atoms. The molecule has 16 heteroatoms. The Hall–Kier alpha value is -2.89. The van der Waals surface area contributed by atoms with E-state index in [1.807, 2.05) is 45.9 Å². The smallest absolute Gasteiger partial charge is 0.245 e. The quantitative estimate of drug-likeness (QED) is 0.119. The predicted molar refractivity (Wildman–Crippen MR) is 224 cm³/mol. The topological polar surface area (TPSA) is 199 Å². The molecule has 1 aromatic rings. The van der Waals surface area contributed by atoms with Crippen LogP contribution in [0.5, 0.6) is 0 Å². The summed E-state index contributed by atoms with van der Waals surface area (Å²) >= 11 is 3.16. The van der Waals surface area contributed by atoms with Crippen LogP contribution in [0.4, 0.5) is 0 Å². The van der Waals surface area contributed by atoms with Crippen LogP contribution < -0.4 is 32.3 Å². The van der Waals surface area contributed by atoms with Gasteiger partial charge in [-0.3, -0.25) is 24.0 Å². The highest BCUT2D eigenvalue weighted by atomic mass is 32.2. The second-order valence-corrected chi connectivity index (χ2v) is 17.2. The van der Waals surface area contributed by atoms with Crippen LogP contribution in [0.15, 0.2) is 24.3 Å². The Labute approximate surface area is 342 Å². The second-order valence-electron chi connectivity index (χ2n) is 15.0. The van der Waals surface area contributed by atoms with E-state index in [9.17, 15) is 24.0 Å². The molecule has 1 heterocycles. The van der Waals surface area contributed by atoms with Crippen LogP contribution in [0.1, 0.15) is 84.8 Å². The summed E-state index contributed by atoms with van der Waals surface area (Å²) in [4.78, 5) is 67.8. The molecule has 0 saturated carbocycles. The number of rotatable bonds is 18. The van der Waals surface area contributed by atoms with Crippen LogP contribution in [-0.2, 0) is 49.7 Å². The average Bonchev–Trinajstić information content (AvgIpc) is 3.15. The summed E-state index contributed by atoms with van der Waals surface area (Å²) in [5.41, 5.74) is 6.36. The number of carbonyl (C=O) groups is 5. The first-order chi connectivity index (χ1) is 26.8. The molecule has 7 N–H and O–H groups in total. The van der Waals surface area contributed by atoms with E-state index < -0.39 is 41.4 Å². The molecule has 0 saturated heterocycles. The molecule has 4 atom stereocenters. The highest BCUT2D eigenvalue weighted by Crippen LogP contribution is 2.20. The Kier molecular flexibility index (Phi) is 24.4. The molecule has 14 nitrogen and oxygen atoms in total. The minimum Gasteiger partial charge on any atom is -0.379 e. The molecule has 0 radical (unpaired) electrons. The molecular weight excluding hydrogens is 757 g/mol. The first kappa shape index (κ1) is 49.3. The van der Waals surface area contributed by atoms with E-state index in [0.717, 1.165) is 17.5 Å². The zero-order chi connectivity index (χ0) is 41.3. The number of benzene rings is 1. The number of hydrogen-bond acceptors (Lipinski definition) is 11. The fourth-order valence-electron chi connectivity index (χ4n) is 5.60. The van der Waals surface area contributed by atoms with Crippen molar-refractivity contribution < 1.29 is 38.2 Å². The Morgan fingerprint density at radius 2 is 1.52 bits per heavy atom. The number of nitrogens with two attached hydrogens (primary N) is 1. The lowest BCUT2D eigenvalue weighted by Gasteiger charge is -2.31. The lowest BCUT2D eigenvalue weighted by atomic mass is 9.96. The largest absolute Gasteiger partial charge is 0.379 e. The summed E-state index contributed by atoms with van der Waals surface area (Å²) in [5, 5.41) is 14.4. The maximum atomic E-state index is 14.0. The van der Waals surface area contributed by atoms with E-state index in [4.69, 9.17) is 19.9 Å². The van der Waals surface area contributed by atoms with E-state index in [-0.39, 0.29) is 30.1 Å². The molecule has 0 fully saturated rings. The van der Waals surface area contributed by atoms with Gasteiger partial charge in [0, 0.05) is 49.2 Å². The molecule has 1 aliphatic heterocycles. The minimum absolute atomic E-state index is 0.0374. The first-order valence-corrected chi connectivity index (χ1v) is 22.2. The molecule has 0 spiro atoms. The van der Waals surface area contributed by atoms with Crippen molar-refractivity contribution in [2.24, 2.45) is 17.6 Å². The summed E-state index contributed by atoms with van der Waals surface area (Å²) in [5.74, 6) is -0.120. The van der Waals surface area contributed by atoms with Crippen molar-refractivity contribution in [3.8, 4) is 0 Å². The summed E-state index contributed by atoms with van der Waals surface area (Å²) in [7, 11) is 0. The SMILES string of the molecule is CC[C@H](C)[C@@H]1NC(=O)[C@H](CC(C)C)NC(=O)C(C)(C)NC(=O)CCSCc2cccc(c2)CSC[C@@H](C(=O)NCCCOCCOCCOCCCN)NC1=O. The molecule has 1 aliphatic rings. The third-order valence-electron chi connectivity index (χ3n) is 9.06. The number of ether oxygens (including phenoxy) is 3. The Morgan fingerprint density at radius 3 is 2.14 bits per heavy atom. The lowest BCUT2D eigenvalue weighted by Crippen LogP contribution is -2.62. The van der Waals surface area contributed by atoms with Crippen LogP contribution in [-0.4, -0.2) is 117 Å². The minimum atomic E-state index is -1.28. The van der Waals surface area contributed by atoms with E-state index in [0.29, 0.717) is 95.0 Å². The molecule has 0 unspecified atom stereocenters. The van der Waals surface area contributed by atoms with Gasteiger partial charge in [-0.2, -0.15) is 23.5 Å². The van der Waals surface area contributed by atoms with Crippen LogP contribution in [0, 0.1) is 11.8 Å². The average molecular weight is 825 g/mol. The number of thioether (sulfide) groups is 2. The van der Waals surface area contributed by atoms with Gasteiger partial charge in [0.1, 0.15) is 23.7 Å². The maximum absolute atomic E-state index is 14.0. The summed E-state index contributed by atoms with van der Waals surface area (Å²) < 4.78 is 16.6. The van der Waals surface area contributed by atoms with Crippen molar-refractivity contribution in [1.82, 2.24) is 26.6 Å². The monoisotopic (exact) mass is 824 g/mol. The number of carbonyl (C=O) groups excluding carboxylic acids is 5. The molecule has 2 rings (SSSR count). The van der Waals surface area contributed by atoms with Crippen LogP contribution in [0.25, 0.3) is 0 Å². The molecule has 5 amide bonds. The zero-order valence-electron chi connectivity index (χ0n) is 34.4. The van der Waals surface area contributed by atoms with Gasteiger partial charge < -0.3 is 46.5 Å². The third kappa shape index (κ3) is 20.0. The van der Waals surface area contributed by atoms with Gasteiger partial charge in [-0.05, 0) is 62.6 Å². The van der Waals surface area contributed by atoms with Crippen molar-refractivity contribution >= 4 is 53.1 Å². The molecule has 0 aliphatic carbocycles. The van der Waals surface area contributed by atoms with Crippen molar-refractivity contribution in [1.29, 1.82) is 0 Å². The van der Waals surface area contributed by atoms with Gasteiger partial charge in [0.2, 0.25) is 29.5 Å². The standard InChI is InChI=1S/C40H68N6O8S2/c1-7-29(4)35-38(50)43-33(36(48)42-15-10-17-53-19-21-54-20-18-52-16-9-14-41)27-56-26-31-12-8-11-30(24-31)25-55-22-13-34(47)46-40(5,6)39(51)44-32(23-28(2)3)37(49)45-35/h8,11-12,24,28-29,32-33,35H,7,9-10,13-23,25-27,41H2,1-6H3,(H,42,48)(H,43,50)(H,44,51)(H,45,49)(H,46,47)/t29-,32-,33-,35-/m0/s1. The van der Waals surface area contributed by atoms with Gasteiger partial charge in [0.25, 0.3) is 0 Å². The maximum Gasteiger partial charge on any atom is 0.245 e. The van der Waals surface area contributed by atoms with Gasteiger partial charge in [-0.25, -0.2) is 0 Å². The lowest BCUT2D eigenvalue weighted by molar-refractivity contribution is -0.136. The molecule has 1 aromatic carbocycles. The van der Waals surface area contributed by atoms with Crippen molar-refractivity contribution in [2.75, 3.05) is 64.2 Å². The number of nitrogens with one attached hydrogen (secondary N) is 5. The van der Waals surface area contributed by atoms with Crippen LogP contribution in [0.2, 0.25) is 0 Å². The van der Waals surface area contributed by atoms with E-state index in [1.165, 1.54) is 11.8 Å². The number of amides is 5. The van der Waals surface area contributed by atoms with Crippen molar-refractivity contribution in [3.05, 3.63) is 35.4 Å². The van der Waals surface area contributed by atoms with Gasteiger partial charge >= 0.3 is 0 Å². The van der Waals surface area contributed by atoms with Crippen LogP contribution in [0.3, 0.4) is 0 Å². The molecular formula is C40H68N6O8S2. The van der Waals surface area contributed by atoms with E-state index >= 15 is 0 Å². The highest BCUT2D eigenvalue weighted by molar-refractivity contribution is 7.98. The van der Waals surface area contributed by atoms with Crippen molar-refractivity contribution in [3.63, 3.8) is 0 Å². The van der Waals surface area contributed by atoms with E-state index in [2.05, 4.69) is 32.7 Å². The summed E-state index contributed by atoms with van der Waals surface area (Å²) in [6.45, 7) is 14.7. The Bertz CT molecular complexity index is 1350. The number of fused-ring (bicyclic) bond motifs is 2. The van der Waals surface area contributed by atoms with Gasteiger partial charge in [-0.15, -0.1) is 0 Å². The van der Waals surface area contributed by atoms with Crippen molar-refractivity contribution in [2.45, 2.75) is 109 Å². The van der Waals surface area contributed by atoms with Gasteiger partial charge in [0.05, 0.1) is 26.4 Å². The van der Waals surface area contributed by atoms with Gasteiger partial charge in [-0.1, -0.05) is 58.4 Å². The Balaban J connectivity index is 2.18. The fourth-order valence-corrected chi connectivity index (χ4v) is 7.50. The number of hydrogen-bond donors (Lipinski definition) is 6. The predicted octanol–water partition coefficient (Wildman–Crippen LogP) is 2.90. The molecule has 318 valence electrons. The normalized spacial score (nSPS) is 21.1. The Morgan fingerprint density at radius 1 is 0.893 bits per heavy atom. The second kappa shape index (κ2) is 27.7. The summed E-state index contributed by atoms with van der Waals surface area (Å²) in [6.07, 6.45) is 2.52. The summed E-state index contributed by atoms with van der Waals surface area (Å²) in [6, 6.07) is 5.37. The van der Waals surface area contributed by atoms with Gasteiger partial charge in [0.15, 0.2) is 0 Å². The first-order valence-electron chi connectivity index (χ1n) is 19.9. The molecule has 0 aromatic heterocycles. The van der Waals surface area contributed by atoms with Crippen LogP contribution >= 0.6 is 23.5 Å². The van der Waals surface area contributed by atoms with E-state index in [1.54, 1.807) is 25.6 Å².